The number of anilines is 2. The first-order valence-electron chi connectivity index (χ1n) is 7.39. The highest BCUT2D eigenvalue weighted by molar-refractivity contribution is 5.58. The van der Waals surface area contributed by atoms with E-state index in [9.17, 15) is 4.79 Å². The molecule has 1 atom stereocenters. The quantitative estimate of drug-likeness (QED) is 0.910. The van der Waals surface area contributed by atoms with Crippen LogP contribution in [-0.4, -0.2) is 19.1 Å². The van der Waals surface area contributed by atoms with Crippen LogP contribution in [-0.2, 0) is 6.42 Å². The molecule has 1 heterocycles. The van der Waals surface area contributed by atoms with Crippen LogP contribution in [0.4, 0.5) is 11.4 Å². The third-order valence-corrected chi connectivity index (χ3v) is 4.04. The molecular formula is C17H21N3O. The first-order valence-corrected chi connectivity index (χ1v) is 7.39. The van der Waals surface area contributed by atoms with Crippen LogP contribution in [0.1, 0.15) is 30.1 Å². The summed E-state index contributed by atoms with van der Waals surface area (Å²) in [6.07, 6.45) is 3.14. The summed E-state index contributed by atoms with van der Waals surface area (Å²) in [6.45, 7) is 0. The van der Waals surface area contributed by atoms with E-state index in [4.69, 9.17) is 0 Å². The highest BCUT2D eigenvalue weighted by atomic mass is 16.1. The number of hydrogen-bond acceptors (Lipinski definition) is 3. The van der Waals surface area contributed by atoms with E-state index in [0.29, 0.717) is 0 Å². The maximum Gasteiger partial charge on any atom is 0.248 e. The molecule has 1 aliphatic rings. The highest BCUT2D eigenvalue weighted by Gasteiger charge is 2.20. The maximum atomic E-state index is 11.4. The molecule has 0 saturated carbocycles. The molecule has 110 valence electrons. The fourth-order valence-electron chi connectivity index (χ4n) is 2.93. The van der Waals surface area contributed by atoms with E-state index in [1.54, 1.807) is 6.07 Å². The lowest BCUT2D eigenvalue weighted by molar-refractivity contribution is 0.587. The Morgan fingerprint density at radius 3 is 2.90 bits per heavy atom. The Morgan fingerprint density at radius 2 is 2.10 bits per heavy atom. The zero-order chi connectivity index (χ0) is 14.8. The first-order chi connectivity index (χ1) is 10.1. The molecule has 0 spiro atoms. The van der Waals surface area contributed by atoms with Crippen molar-refractivity contribution in [3.63, 3.8) is 0 Å². The molecule has 1 aliphatic carbocycles. The topological polar surface area (TPSA) is 48.1 Å². The molecule has 0 aliphatic heterocycles. The number of nitrogens with one attached hydrogen (secondary N) is 2. The second kappa shape index (κ2) is 5.64. The summed E-state index contributed by atoms with van der Waals surface area (Å²) >= 11 is 0. The van der Waals surface area contributed by atoms with Crippen molar-refractivity contribution in [3.8, 4) is 0 Å². The van der Waals surface area contributed by atoms with Crippen molar-refractivity contribution in [1.29, 1.82) is 0 Å². The van der Waals surface area contributed by atoms with E-state index in [2.05, 4.69) is 39.5 Å². The van der Waals surface area contributed by atoms with Gasteiger partial charge in [-0.15, -0.1) is 0 Å². The molecule has 1 aromatic heterocycles. The summed E-state index contributed by atoms with van der Waals surface area (Å²) in [5.41, 5.74) is 4.58. The van der Waals surface area contributed by atoms with E-state index in [-0.39, 0.29) is 11.6 Å². The van der Waals surface area contributed by atoms with Crippen molar-refractivity contribution in [3.05, 3.63) is 58.0 Å². The average Bonchev–Trinajstić information content (AvgIpc) is 2.47. The van der Waals surface area contributed by atoms with E-state index >= 15 is 0 Å². The standard InChI is InChI=1S/C17H21N3O/c1-20(2)13-6-3-5-12(11-13)18-15-7-4-8-16-14(15)9-10-17(21)19-16/h3,5-6,9-11,15,18H,4,7-8H2,1-2H3,(H,19,21). The van der Waals surface area contributed by atoms with E-state index in [1.807, 2.05) is 20.2 Å². The molecular weight excluding hydrogens is 262 g/mol. The van der Waals surface area contributed by atoms with Crippen molar-refractivity contribution in [2.75, 3.05) is 24.3 Å². The lowest BCUT2D eigenvalue weighted by Crippen LogP contribution is -2.21. The summed E-state index contributed by atoms with van der Waals surface area (Å²) in [4.78, 5) is 16.5. The predicted molar refractivity (Wildman–Crippen MR) is 87.1 cm³/mol. The minimum Gasteiger partial charge on any atom is -0.378 e. The van der Waals surface area contributed by atoms with Gasteiger partial charge in [0.15, 0.2) is 0 Å². The summed E-state index contributed by atoms with van der Waals surface area (Å²) in [5.74, 6) is 0. The number of aromatic nitrogens is 1. The van der Waals surface area contributed by atoms with E-state index in [0.717, 1.165) is 30.6 Å². The number of H-pyrrole nitrogens is 1. The number of fused-ring (bicyclic) bond motifs is 1. The molecule has 0 bridgehead atoms. The van der Waals surface area contributed by atoms with Gasteiger partial charge in [-0.3, -0.25) is 4.79 Å². The van der Waals surface area contributed by atoms with Gasteiger partial charge >= 0.3 is 0 Å². The molecule has 2 N–H and O–H groups in total. The lowest BCUT2D eigenvalue weighted by Gasteiger charge is -2.27. The van der Waals surface area contributed by atoms with E-state index < -0.39 is 0 Å². The molecule has 21 heavy (non-hydrogen) atoms. The SMILES string of the molecule is CN(C)c1cccc(NC2CCCc3[nH]c(=O)ccc32)c1. The number of hydrogen-bond donors (Lipinski definition) is 2. The zero-order valence-corrected chi connectivity index (χ0v) is 12.5. The smallest absolute Gasteiger partial charge is 0.248 e. The molecule has 0 radical (unpaired) electrons. The molecule has 1 unspecified atom stereocenters. The van der Waals surface area contributed by atoms with Crippen LogP contribution in [0.2, 0.25) is 0 Å². The van der Waals surface area contributed by atoms with Gasteiger partial charge in [-0.25, -0.2) is 0 Å². The summed E-state index contributed by atoms with van der Waals surface area (Å²) in [5, 5.41) is 3.60. The second-order valence-electron chi connectivity index (χ2n) is 5.79. The van der Waals surface area contributed by atoms with Crippen LogP contribution in [0.3, 0.4) is 0 Å². The van der Waals surface area contributed by atoms with Crippen molar-refractivity contribution in [1.82, 2.24) is 4.98 Å². The van der Waals surface area contributed by atoms with Crippen molar-refractivity contribution >= 4 is 11.4 Å². The summed E-state index contributed by atoms with van der Waals surface area (Å²) in [6, 6.07) is 12.2. The molecule has 0 saturated heterocycles. The molecule has 0 fully saturated rings. The Balaban J connectivity index is 1.87. The van der Waals surface area contributed by atoms with Crippen molar-refractivity contribution < 1.29 is 0 Å². The minimum absolute atomic E-state index is 0.0102. The molecule has 2 aromatic rings. The van der Waals surface area contributed by atoms with Crippen LogP contribution in [0.5, 0.6) is 0 Å². The number of pyridine rings is 1. The number of rotatable bonds is 3. The van der Waals surface area contributed by atoms with Gasteiger partial charge in [0.25, 0.3) is 0 Å². The fourth-order valence-corrected chi connectivity index (χ4v) is 2.93. The van der Waals surface area contributed by atoms with Crippen LogP contribution >= 0.6 is 0 Å². The van der Waals surface area contributed by atoms with Gasteiger partial charge in [-0.2, -0.15) is 0 Å². The van der Waals surface area contributed by atoms with Crippen LogP contribution in [0.15, 0.2) is 41.2 Å². The Bertz CT molecular complexity index is 690. The average molecular weight is 283 g/mol. The van der Waals surface area contributed by atoms with Crippen molar-refractivity contribution in [2.24, 2.45) is 0 Å². The Labute approximate surface area is 124 Å². The zero-order valence-electron chi connectivity index (χ0n) is 12.5. The highest BCUT2D eigenvalue weighted by Crippen LogP contribution is 2.31. The van der Waals surface area contributed by atoms with Crippen LogP contribution in [0.25, 0.3) is 0 Å². The molecule has 3 rings (SSSR count). The number of nitrogens with zero attached hydrogens (tertiary/aromatic N) is 1. The predicted octanol–water partition coefficient (Wildman–Crippen LogP) is 2.93. The van der Waals surface area contributed by atoms with Gasteiger partial charge in [-0.05, 0) is 49.1 Å². The lowest BCUT2D eigenvalue weighted by atomic mass is 9.91. The number of benzene rings is 1. The third-order valence-electron chi connectivity index (χ3n) is 4.04. The van der Waals surface area contributed by atoms with Crippen LogP contribution in [0, 0.1) is 0 Å². The van der Waals surface area contributed by atoms with Gasteiger partial charge in [-0.1, -0.05) is 6.07 Å². The first kappa shape index (κ1) is 13.7. The Morgan fingerprint density at radius 1 is 1.24 bits per heavy atom. The number of aryl methyl sites for hydroxylation is 1. The molecule has 0 amide bonds. The Kier molecular flexibility index (Phi) is 3.69. The molecule has 4 nitrogen and oxygen atoms in total. The van der Waals surface area contributed by atoms with Gasteiger partial charge in [0.1, 0.15) is 0 Å². The largest absolute Gasteiger partial charge is 0.378 e. The molecule has 4 heteroatoms. The second-order valence-corrected chi connectivity index (χ2v) is 5.79. The van der Waals surface area contributed by atoms with E-state index in [1.165, 1.54) is 11.3 Å². The Hall–Kier alpha value is -2.23. The molecule has 1 aromatic carbocycles. The maximum absolute atomic E-state index is 11.4. The van der Waals surface area contributed by atoms with Gasteiger partial charge in [0.2, 0.25) is 5.56 Å². The normalized spacial score (nSPS) is 17.1. The fraction of sp³-hybridized carbons (Fsp3) is 0.353. The third kappa shape index (κ3) is 2.94. The number of aromatic amines is 1. The monoisotopic (exact) mass is 283 g/mol. The van der Waals surface area contributed by atoms with Crippen molar-refractivity contribution in [2.45, 2.75) is 25.3 Å². The van der Waals surface area contributed by atoms with Crippen LogP contribution < -0.4 is 15.8 Å². The minimum atomic E-state index is -0.0102. The summed E-state index contributed by atoms with van der Waals surface area (Å²) in [7, 11) is 4.08. The summed E-state index contributed by atoms with van der Waals surface area (Å²) < 4.78 is 0. The van der Waals surface area contributed by atoms with Gasteiger partial charge in [0.05, 0.1) is 6.04 Å². The van der Waals surface area contributed by atoms with Gasteiger partial charge in [0, 0.05) is 37.2 Å². The van der Waals surface area contributed by atoms with Gasteiger partial charge < -0.3 is 15.2 Å².